The molecule has 0 fully saturated rings. The first kappa shape index (κ1) is 9.65. The van der Waals surface area contributed by atoms with Crippen LogP contribution in [-0.2, 0) is 4.79 Å². The van der Waals surface area contributed by atoms with Gasteiger partial charge < -0.3 is 0 Å². The van der Waals surface area contributed by atoms with Crippen molar-refractivity contribution in [3.63, 3.8) is 0 Å². The normalized spacial score (nSPS) is 10.7. The van der Waals surface area contributed by atoms with Crippen LogP contribution >= 0.6 is 0 Å². The van der Waals surface area contributed by atoms with Gasteiger partial charge in [0.2, 0.25) is 0 Å². The summed E-state index contributed by atoms with van der Waals surface area (Å²) in [4.78, 5) is 10.6. The third kappa shape index (κ3) is 2.82. The summed E-state index contributed by atoms with van der Waals surface area (Å²) in [7, 11) is 0. The van der Waals surface area contributed by atoms with Crippen LogP contribution in [0.1, 0.15) is 18.1 Å². The van der Waals surface area contributed by atoms with E-state index in [0.29, 0.717) is 5.56 Å². The van der Waals surface area contributed by atoms with Crippen LogP contribution in [0, 0.1) is 12.7 Å². The molecule has 0 aliphatic carbocycles. The maximum atomic E-state index is 12.8. The number of carbonyl (C=O) groups is 1. The Kier molecular flexibility index (Phi) is 2.96. The molecule has 1 nitrogen and oxygen atoms in total. The van der Waals surface area contributed by atoms with Gasteiger partial charge in [-0.05, 0) is 43.2 Å². The number of carbonyl (C=O) groups excluding carboxylic acids is 1. The lowest BCUT2D eigenvalue weighted by atomic mass is 10.1. The smallest absolute Gasteiger partial charge is 0.152 e. The highest BCUT2D eigenvalue weighted by molar-refractivity contribution is 5.91. The predicted molar refractivity (Wildman–Crippen MR) is 50.9 cm³/mol. The van der Waals surface area contributed by atoms with Crippen LogP contribution in [0.4, 0.5) is 4.39 Å². The first-order chi connectivity index (χ1) is 6.09. The van der Waals surface area contributed by atoms with Gasteiger partial charge in [0.15, 0.2) is 5.78 Å². The van der Waals surface area contributed by atoms with Crippen molar-refractivity contribution in [3.05, 3.63) is 41.2 Å². The molecule has 0 radical (unpaired) electrons. The van der Waals surface area contributed by atoms with E-state index < -0.39 is 0 Å². The van der Waals surface area contributed by atoms with Crippen molar-refractivity contribution in [2.24, 2.45) is 0 Å². The molecule has 0 aliphatic rings. The van der Waals surface area contributed by atoms with Crippen LogP contribution in [-0.4, -0.2) is 5.78 Å². The first-order valence-electron chi connectivity index (χ1n) is 4.04. The molecular weight excluding hydrogens is 167 g/mol. The van der Waals surface area contributed by atoms with Gasteiger partial charge in [0.05, 0.1) is 0 Å². The fourth-order valence-corrected chi connectivity index (χ4v) is 0.985. The van der Waals surface area contributed by atoms with Gasteiger partial charge in [-0.1, -0.05) is 12.1 Å². The van der Waals surface area contributed by atoms with E-state index in [4.69, 9.17) is 0 Å². The molecule has 68 valence electrons. The number of rotatable bonds is 2. The third-order valence-electron chi connectivity index (χ3n) is 1.69. The molecule has 0 aromatic heterocycles. The summed E-state index contributed by atoms with van der Waals surface area (Å²) in [6, 6.07) is 4.74. The summed E-state index contributed by atoms with van der Waals surface area (Å²) < 4.78 is 12.8. The summed E-state index contributed by atoms with van der Waals surface area (Å²) >= 11 is 0. The Morgan fingerprint density at radius 3 is 2.69 bits per heavy atom. The van der Waals surface area contributed by atoms with Gasteiger partial charge in [0, 0.05) is 0 Å². The lowest BCUT2D eigenvalue weighted by Gasteiger charge is -1.97. The molecule has 0 saturated heterocycles. The largest absolute Gasteiger partial charge is 0.295 e. The van der Waals surface area contributed by atoms with Crippen LogP contribution in [0.2, 0.25) is 0 Å². The maximum Gasteiger partial charge on any atom is 0.152 e. The highest BCUT2D eigenvalue weighted by Gasteiger charge is 1.95. The minimum Gasteiger partial charge on any atom is -0.295 e. The number of hydrogen-bond acceptors (Lipinski definition) is 1. The number of aryl methyl sites for hydroxylation is 1. The molecule has 0 spiro atoms. The molecule has 1 aromatic rings. The lowest BCUT2D eigenvalue weighted by molar-refractivity contribution is -0.112. The zero-order chi connectivity index (χ0) is 9.84. The Hall–Kier alpha value is -1.44. The van der Waals surface area contributed by atoms with Gasteiger partial charge in [-0.2, -0.15) is 0 Å². The number of benzene rings is 1. The van der Waals surface area contributed by atoms with Gasteiger partial charge in [-0.15, -0.1) is 0 Å². The van der Waals surface area contributed by atoms with Crippen molar-refractivity contribution in [2.45, 2.75) is 13.8 Å². The summed E-state index contributed by atoms with van der Waals surface area (Å²) in [6.45, 7) is 3.17. The molecule has 0 saturated carbocycles. The second-order valence-corrected chi connectivity index (χ2v) is 2.95. The number of ketones is 1. The van der Waals surface area contributed by atoms with E-state index in [1.54, 1.807) is 25.1 Å². The fourth-order valence-electron chi connectivity index (χ4n) is 0.985. The maximum absolute atomic E-state index is 12.8. The van der Waals surface area contributed by atoms with Crippen LogP contribution in [0.15, 0.2) is 24.3 Å². The zero-order valence-electron chi connectivity index (χ0n) is 7.67. The van der Waals surface area contributed by atoms with Gasteiger partial charge in [-0.25, -0.2) is 4.39 Å². The van der Waals surface area contributed by atoms with Crippen molar-refractivity contribution in [2.75, 3.05) is 0 Å². The number of hydrogen-bond donors (Lipinski definition) is 0. The van der Waals surface area contributed by atoms with E-state index in [0.717, 1.165) is 5.56 Å². The zero-order valence-corrected chi connectivity index (χ0v) is 7.67. The molecule has 13 heavy (non-hydrogen) atoms. The van der Waals surface area contributed by atoms with E-state index in [9.17, 15) is 9.18 Å². The van der Waals surface area contributed by atoms with Gasteiger partial charge in [-0.3, -0.25) is 4.79 Å². The molecule has 0 unspecified atom stereocenters. The standard InChI is InChI=1S/C11H11FO/c1-8-7-10(4-3-9(2)13)5-6-11(8)12/h3-7H,1-2H3/b4-3+. The third-order valence-corrected chi connectivity index (χ3v) is 1.69. The summed E-state index contributed by atoms with van der Waals surface area (Å²) in [5.41, 5.74) is 1.43. The number of halogens is 1. The summed E-state index contributed by atoms with van der Waals surface area (Å²) in [6.07, 6.45) is 3.14. The molecular formula is C11H11FO. The highest BCUT2D eigenvalue weighted by Crippen LogP contribution is 2.10. The van der Waals surface area contributed by atoms with Crippen molar-refractivity contribution in [1.82, 2.24) is 0 Å². The molecule has 0 bridgehead atoms. The Morgan fingerprint density at radius 1 is 1.46 bits per heavy atom. The lowest BCUT2D eigenvalue weighted by Crippen LogP contribution is -1.84. The number of allylic oxidation sites excluding steroid dienone is 1. The monoisotopic (exact) mass is 178 g/mol. The topological polar surface area (TPSA) is 17.1 Å². The van der Waals surface area contributed by atoms with Crippen LogP contribution in [0.5, 0.6) is 0 Å². The minimum absolute atomic E-state index is 0.0121. The predicted octanol–water partition coefficient (Wildman–Crippen LogP) is 2.74. The van der Waals surface area contributed by atoms with E-state index in [1.807, 2.05) is 0 Å². The Labute approximate surface area is 76.9 Å². The Morgan fingerprint density at radius 2 is 2.15 bits per heavy atom. The van der Waals surface area contributed by atoms with Gasteiger partial charge in [0.25, 0.3) is 0 Å². The van der Waals surface area contributed by atoms with Gasteiger partial charge >= 0.3 is 0 Å². The second kappa shape index (κ2) is 3.99. The minimum atomic E-state index is -0.222. The molecule has 0 heterocycles. The molecule has 0 N–H and O–H groups in total. The van der Waals surface area contributed by atoms with Crippen molar-refractivity contribution in [3.8, 4) is 0 Å². The Balaban J connectivity index is 2.92. The average Bonchev–Trinajstić information content (AvgIpc) is 2.07. The van der Waals surface area contributed by atoms with Crippen LogP contribution in [0.25, 0.3) is 6.08 Å². The van der Waals surface area contributed by atoms with E-state index in [-0.39, 0.29) is 11.6 Å². The highest BCUT2D eigenvalue weighted by atomic mass is 19.1. The van der Waals surface area contributed by atoms with Crippen molar-refractivity contribution in [1.29, 1.82) is 0 Å². The van der Waals surface area contributed by atoms with E-state index in [1.165, 1.54) is 19.1 Å². The first-order valence-corrected chi connectivity index (χ1v) is 4.04. The fraction of sp³-hybridized carbons (Fsp3) is 0.182. The Bertz CT molecular complexity index is 353. The molecule has 2 heteroatoms. The SMILES string of the molecule is CC(=O)/C=C/c1ccc(F)c(C)c1. The molecule has 0 aliphatic heterocycles. The van der Waals surface area contributed by atoms with Crippen LogP contribution in [0.3, 0.4) is 0 Å². The summed E-state index contributed by atoms with van der Waals surface area (Å²) in [5.74, 6) is -0.234. The molecule has 0 amide bonds. The van der Waals surface area contributed by atoms with E-state index >= 15 is 0 Å². The van der Waals surface area contributed by atoms with Crippen molar-refractivity contribution < 1.29 is 9.18 Å². The molecule has 0 atom stereocenters. The quantitative estimate of drug-likeness (QED) is 0.636. The van der Waals surface area contributed by atoms with Crippen LogP contribution < -0.4 is 0 Å². The average molecular weight is 178 g/mol. The molecule has 1 aromatic carbocycles. The van der Waals surface area contributed by atoms with Crippen molar-refractivity contribution >= 4 is 11.9 Å². The van der Waals surface area contributed by atoms with E-state index in [2.05, 4.69) is 0 Å². The second-order valence-electron chi connectivity index (χ2n) is 2.95. The molecule has 1 rings (SSSR count). The van der Waals surface area contributed by atoms with Gasteiger partial charge in [0.1, 0.15) is 5.82 Å². The summed E-state index contributed by atoms with van der Waals surface area (Å²) in [5, 5.41) is 0.